The number of aryl methyl sites for hydroxylation is 1. The second kappa shape index (κ2) is 7.24. The van der Waals surface area contributed by atoms with Gasteiger partial charge in [-0.15, -0.1) is 11.3 Å². The molecule has 1 nitrogen and oxygen atoms in total. The number of benzene rings is 1. The van der Waals surface area contributed by atoms with E-state index in [0.717, 1.165) is 19.4 Å². The Morgan fingerprint density at radius 2 is 1.67 bits per heavy atom. The van der Waals surface area contributed by atoms with E-state index >= 15 is 0 Å². The third-order valence-electron chi connectivity index (χ3n) is 4.31. The van der Waals surface area contributed by atoms with E-state index in [1.165, 1.54) is 15.3 Å². The highest BCUT2D eigenvalue weighted by atomic mass is 32.1. The average molecular weight is 301 g/mol. The van der Waals surface area contributed by atoms with Gasteiger partial charge in [0.25, 0.3) is 0 Å². The number of rotatable bonds is 7. The molecular weight excluding hydrogens is 274 g/mol. The largest absolute Gasteiger partial charge is 0.313 e. The van der Waals surface area contributed by atoms with Crippen LogP contribution in [0.3, 0.4) is 0 Å². The zero-order valence-electron chi connectivity index (χ0n) is 13.6. The summed E-state index contributed by atoms with van der Waals surface area (Å²) < 4.78 is 0. The molecule has 1 unspecified atom stereocenters. The van der Waals surface area contributed by atoms with Gasteiger partial charge in [0.05, 0.1) is 0 Å². The predicted molar refractivity (Wildman–Crippen MR) is 94.3 cm³/mol. The van der Waals surface area contributed by atoms with Gasteiger partial charge in [-0.05, 0) is 37.1 Å². The zero-order valence-corrected chi connectivity index (χ0v) is 14.5. The zero-order chi connectivity index (χ0) is 15.3. The fourth-order valence-corrected chi connectivity index (χ4v) is 3.82. The summed E-state index contributed by atoms with van der Waals surface area (Å²) >= 11 is 1.96. The number of hydrogen-bond donors (Lipinski definition) is 1. The maximum Gasteiger partial charge on any atom is 0.0207 e. The Labute approximate surface area is 133 Å². The number of hydrogen-bond acceptors (Lipinski definition) is 2. The van der Waals surface area contributed by atoms with Crippen molar-refractivity contribution in [1.29, 1.82) is 0 Å². The molecule has 2 aromatic rings. The molecule has 1 heterocycles. The highest BCUT2D eigenvalue weighted by Gasteiger charge is 2.30. The second-order valence-corrected chi connectivity index (χ2v) is 7.38. The molecule has 0 fully saturated rings. The standard InChI is InChI=1S/C19H27NS/c1-5-16-12-13-17(21-16)14-18(20-6-2)19(3,4)15-10-8-7-9-11-15/h7-13,18,20H,5-6,14H2,1-4H3. The molecule has 0 saturated carbocycles. The first-order chi connectivity index (χ1) is 10.1. The normalized spacial score (nSPS) is 13.3. The van der Waals surface area contributed by atoms with Crippen molar-refractivity contribution in [3.8, 4) is 0 Å². The highest BCUT2D eigenvalue weighted by molar-refractivity contribution is 7.11. The van der Waals surface area contributed by atoms with Crippen LogP contribution in [-0.4, -0.2) is 12.6 Å². The molecule has 2 rings (SSSR count). The molecule has 0 amide bonds. The molecule has 21 heavy (non-hydrogen) atoms. The first-order valence-corrected chi connectivity index (χ1v) is 8.76. The van der Waals surface area contributed by atoms with Crippen molar-refractivity contribution in [3.05, 3.63) is 57.8 Å². The van der Waals surface area contributed by atoms with Crippen molar-refractivity contribution in [2.24, 2.45) is 0 Å². The van der Waals surface area contributed by atoms with Gasteiger partial charge < -0.3 is 5.32 Å². The fraction of sp³-hybridized carbons (Fsp3) is 0.474. The number of thiophene rings is 1. The van der Waals surface area contributed by atoms with Gasteiger partial charge in [-0.2, -0.15) is 0 Å². The van der Waals surface area contributed by atoms with Crippen LogP contribution in [0.5, 0.6) is 0 Å². The Morgan fingerprint density at radius 1 is 1.00 bits per heavy atom. The topological polar surface area (TPSA) is 12.0 Å². The van der Waals surface area contributed by atoms with Crippen LogP contribution < -0.4 is 5.32 Å². The van der Waals surface area contributed by atoms with E-state index < -0.39 is 0 Å². The molecule has 0 spiro atoms. The molecule has 1 aromatic carbocycles. The van der Waals surface area contributed by atoms with E-state index in [1.54, 1.807) is 0 Å². The van der Waals surface area contributed by atoms with Crippen molar-refractivity contribution in [2.75, 3.05) is 6.54 Å². The fourth-order valence-electron chi connectivity index (χ4n) is 2.82. The van der Waals surface area contributed by atoms with E-state index in [9.17, 15) is 0 Å². The van der Waals surface area contributed by atoms with E-state index in [4.69, 9.17) is 0 Å². The summed E-state index contributed by atoms with van der Waals surface area (Å²) in [5.41, 5.74) is 1.52. The molecular formula is C19H27NS. The van der Waals surface area contributed by atoms with Crippen LogP contribution in [0.2, 0.25) is 0 Å². The lowest BCUT2D eigenvalue weighted by atomic mass is 9.76. The van der Waals surface area contributed by atoms with Crippen molar-refractivity contribution in [1.82, 2.24) is 5.32 Å². The molecule has 0 aliphatic rings. The average Bonchev–Trinajstić information content (AvgIpc) is 2.95. The molecule has 0 aliphatic carbocycles. The van der Waals surface area contributed by atoms with Gasteiger partial charge in [-0.1, -0.05) is 58.0 Å². The van der Waals surface area contributed by atoms with Crippen molar-refractivity contribution in [3.63, 3.8) is 0 Å². The van der Waals surface area contributed by atoms with Crippen LogP contribution in [0.4, 0.5) is 0 Å². The number of nitrogens with one attached hydrogen (secondary N) is 1. The molecule has 1 N–H and O–H groups in total. The minimum absolute atomic E-state index is 0.119. The lowest BCUT2D eigenvalue weighted by Crippen LogP contribution is -2.46. The van der Waals surface area contributed by atoms with E-state index in [-0.39, 0.29) is 5.41 Å². The molecule has 0 saturated heterocycles. The minimum atomic E-state index is 0.119. The predicted octanol–water partition coefficient (Wildman–Crippen LogP) is 4.81. The summed E-state index contributed by atoms with van der Waals surface area (Å²) in [6, 6.07) is 15.9. The third kappa shape index (κ3) is 3.96. The number of likely N-dealkylation sites (N-methyl/N-ethyl adjacent to an activating group) is 1. The van der Waals surface area contributed by atoms with E-state index in [2.05, 4.69) is 75.5 Å². The van der Waals surface area contributed by atoms with E-state index in [1.807, 2.05) is 11.3 Å². The van der Waals surface area contributed by atoms with Gasteiger partial charge in [0, 0.05) is 21.2 Å². The minimum Gasteiger partial charge on any atom is -0.313 e. The highest BCUT2D eigenvalue weighted by Crippen LogP contribution is 2.30. The first kappa shape index (κ1) is 16.3. The molecule has 1 atom stereocenters. The maximum absolute atomic E-state index is 3.70. The summed E-state index contributed by atoms with van der Waals surface area (Å²) in [6.45, 7) is 10.1. The summed E-state index contributed by atoms with van der Waals surface area (Å²) in [7, 11) is 0. The third-order valence-corrected chi connectivity index (χ3v) is 5.56. The van der Waals surface area contributed by atoms with Crippen LogP contribution in [0.15, 0.2) is 42.5 Å². The Kier molecular flexibility index (Phi) is 5.60. The molecule has 114 valence electrons. The smallest absolute Gasteiger partial charge is 0.0207 e. The Balaban J connectivity index is 2.21. The Hall–Kier alpha value is -1.12. The van der Waals surface area contributed by atoms with Crippen LogP contribution >= 0.6 is 11.3 Å². The SMILES string of the molecule is CCNC(Cc1ccc(CC)s1)C(C)(C)c1ccccc1. The van der Waals surface area contributed by atoms with Crippen LogP contribution in [-0.2, 0) is 18.3 Å². The molecule has 0 radical (unpaired) electrons. The van der Waals surface area contributed by atoms with Gasteiger partial charge in [-0.25, -0.2) is 0 Å². The van der Waals surface area contributed by atoms with Crippen molar-refractivity contribution >= 4 is 11.3 Å². The lowest BCUT2D eigenvalue weighted by Gasteiger charge is -2.35. The van der Waals surface area contributed by atoms with Crippen molar-refractivity contribution < 1.29 is 0 Å². The quantitative estimate of drug-likeness (QED) is 0.774. The molecule has 2 heteroatoms. The summed E-state index contributed by atoms with van der Waals surface area (Å²) in [5.74, 6) is 0. The summed E-state index contributed by atoms with van der Waals surface area (Å²) in [6.07, 6.45) is 2.24. The second-order valence-electron chi connectivity index (χ2n) is 6.12. The summed E-state index contributed by atoms with van der Waals surface area (Å²) in [5, 5.41) is 3.70. The molecule has 0 aliphatic heterocycles. The Morgan fingerprint density at radius 3 is 2.24 bits per heavy atom. The lowest BCUT2D eigenvalue weighted by molar-refractivity contribution is 0.344. The van der Waals surface area contributed by atoms with Gasteiger partial charge in [0.1, 0.15) is 0 Å². The van der Waals surface area contributed by atoms with Crippen LogP contribution in [0, 0.1) is 0 Å². The van der Waals surface area contributed by atoms with E-state index in [0.29, 0.717) is 6.04 Å². The van der Waals surface area contributed by atoms with Crippen LogP contribution in [0.25, 0.3) is 0 Å². The van der Waals surface area contributed by atoms with Gasteiger partial charge >= 0.3 is 0 Å². The molecule has 0 bridgehead atoms. The first-order valence-electron chi connectivity index (χ1n) is 7.94. The summed E-state index contributed by atoms with van der Waals surface area (Å²) in [4.78, 5) is 2.97. The molecule has 1 aromatic heterocycles. The van der Waals surface area contributed by atoms with Gasteiger partial charge in [0.2, 0.25) is 0 Å². The maximum atomic E-state index is 3.70. The van der Waals surface area contributed by atoms with Gasteiger partial charge in [0.15, 0.2) is 0 Å². The van der Waals surface area contributed by atoms with Crippen LogP contribution in [0.1, 0.15) is 43.0 Å². The Bertz CT molecular complexity index is 542. The van der Waals surface area contributed by atoms with Crippen molar-refractivity contribution in [2.45, 2.75) is 52.0 Å². The monoisotopic (exact) mass is 301 g/mol. The van der Waals surface area contributed by atoms with Gasteiger partial charge in [-0.3, -0.25) is 0 Å².